The summed E-state index contributed by atoms with van der Waals surface area (Å²) in [6, 6.07) is 5.37. The average Bonchev–Trinajstić information content (AvgIpc) is 3.36. The largest absolute Gasteiger partial charge is 0.490 e. The van der Waals surface area contributed by atoms with E-state index in [-0.39, 0.29) is 24.0 Å². The highest BCUT2D eigenvalue weighted by Gasteiger charge is 2.38. The van der Waals surface area contributed by atoms with Crippen LogP contribution in [-0.2, 0) is 9.59 Å². The smallest absolute Gasteiger partial charge is 0.489 e. The van der Waals surface area contributed by atoms with E-state index in [0.29, 0.717) is 24.1 Å². The molecule has 0 unspecified atom stereocenters. The number of hydrogen-bond acceptors (Lipinski definition) is 6. The maximum Gasteiger partial charge on any atom is 0.490 e. The van der Waals surface area contributed by atoms with Crippen molar-refractivity contribution in [3.05, 3.63) is 23.5 Å². The number of carbonyl (C=O) groups is 2. The Labute approximate surface area is 175 Å². The minimum absolute atomic E-state index is 0.0379. The number of nitrogens with one attached hydrogen (secondary N) is 1. The summed E-state index contributed by atoms with van der Waals surface area (Å²) in [5.41, 5.74) is 0. The molecule has 2 aliphatic heterocycles. The molecule has 1 aromatic heterocycles. The number of nitriles is 1. The predicted molar refractivity (Wildman–Crippen MR) is 98.7 cm³/mol. The van der Waals surface area contributed by atoms with E-state index in [2.05, 4.69) is 16.4 Å². The van der Waals surface area contributed by atoms with Crippen LogP contribution in [0.25, 0.3) is 0 Å². The molecule has 3 heterocycles. The normalized spacial score (nSPS) is 23.3. The van der Waals surface area contributed by atoms with Gasteiger partial charge in [0, 0.05) is 18.8 Å². The van der Waals surface area contributed by atoms with E-state index in [1.807, 2.05) is 0 Å². The lowest BCUT2D eigenvalue weighted by molar-refractivity contribution is -0.192. The first-order valence-corrected chi connectivity index (χ1v) is 9.51. The van der Waals surface area contributed by atoms with Crippen LogP contribution in [0.3, 0.4) is 0 Å². The summed E-state index contributed by atoms with van der Waals surface area (Å²) in [5, 5.41) is 19.9. The van der Waals surface area contributed by atoms with E-state index in [0.717, 1.165) is 25.7 Å². The lowest BCUT2D eigenvalue weighted by Crippen LogP contribution is -2.47. The molecule has 0 spiro atoms. The van der Waals surface area contributed by atoms with Crippen LogP contribution in [0, 0.1) is 11.3 Å². The van der Waals surface area contributed by atoms with Crippen molar-refractivity contribution in [1.29, 1.82) is 5.26 Å². The molecular weight excluding hydrogens is 429 g/mol. The van der Waals surface area contributed by atoms with Crippen molar-refractivity contribution in [3.8, 4) is 11.8 Å². The summed E-state index contributed by atoms with van der Waals surface area (Å²) < 4.78 is 37.4. The van der Waals surface area contributed by atoms with Gasteiger partial charge in [0.2, 0.25) is 5.91 Å². The van der Waals surface area contributed by atoms with Gasteiger partial charge in [0.1, 0.15) is 12.6 Å². The van der Waals surface area contributed by atoms with Gasteiger partial charge < -0.3 is 14.7 Å². The molecule has 164 valence electrons. The monoisotopic (exact) mass is 448 g/mol. The fraction of sp³-hybridized carbons (Fsp3) is 0.556. The van der Waals surface area contributed by atoms with Crippen LogP contribution in [0.15, 0.2) is 18.3 Å². The van der Waals surface area contributed by atoms with Crippen LogP contribution in [0.1, 0.15) is 25.7 Å². The summed E-state index contributed by atoms with van der Waals surface area (Å²) in [7, 11) is 0. The van der Waals surface area contributed by atoms with Crippen molar-refractivity contribution in [3.63, 3.8) is 0 Å². The predicted octanol–water partition coefficient (Wildman–Crippen LogP) is 2.38. The summed E-state index contributed by atoms with van der Waals surface area (Å²) in [6.45, 7) is 1.12. The molecule has 0 saturated carbocycles. The molecule has 3 rings (SSSR count). The van der Waals surface area contributed by atoms with E-state index >= 15 is 0 Å². The number of aromatic nitrogens is 1. The third-order valence-electron chi connectivity index (χ3n) is 4.63. The number of halogens is 4. The third kappa shape index (κ3) is 6.47. The second kappa shape index (κ2) is 10.4. The molecule has 0 bridgehead atoms. The van der Waals surface area contributed by atoms with Gasteiger partial charge in [-0.15, -0.1) is 0 Å². The Hall–Kier alpha value is -2.58. The Morgan fingerprint density at radius 1 is 1.40 bits per heavy atom. The summed E-state index contributed by atoms with van der Waals surface area (Å²) in [5.74, 6) is -2.17. The van der Waals surface area contributed by atoms with Crippen molar-refractivity contribution in [1.82, 2.24) is 15.2 Å². The molecule has 8 nitrogen and oxygen atoms in total. The van der Waals surface area contributed by atoms with Crippen LogP contribution < -0.4 is 10.1 Å². The molecule has 12 heteroatoms. The van der Waals surface area contributed by atoms with Crippen LogP contribution in [0.5, 0.6) is 5.75 Å². The summed E-state index contributed by atoms with van der Waals surface area (Å²) >= 11 is 5.96. The number of carboxylic acid groups (broad SMARTS) is 1. The minimum Gasteiger partial charge on any atom is -0.489 e. The zero-order chi connectivity index (χ0) is 22.3. The van der Waals surface area contributed by atoms with Gasteiger partial charge >= 0.3 is 12.1 Å². The number of hydrogen-bond donors (Lipinski definition) is 2. The number of ether oxygens (including phenoxy) is 1. The van der Waals surface area contributed by atoms with Crippen molar-refractivity contribution < 1.29 is 32.6 Å². The Morgan fingerprint density at radius 3 is 2.70 bits per heavy atom. The van der Waals surface area contributed by atoms with Gasteiger partial charge in [-0.3, -0.25) is 10.1 Å². The maximum atomic E-state index is 12.5. The standard InChI is InChI=1S/C16H19ClN4O2.C2HF3O2/c17-15-14(4-1-7-19-15)23-10-11-5-6-13(20-11)16(22)21-8-2-3-12(21)9-18;3-2(4,5)1(6)7/h1,4,7,11-13,20H,2-3,5-6,8,10H2;(H,6,7)/t11-,12+,13+;/m1./s1. The number of carboxylic acids is 1. The van der Waals surface area contributed by atoms with Gasteiger partial charge in [0.15, 0.2) is 10.9 Å². The number of nitrogens with zero attached hydrogens (tertiary/aromatic N) is 3. The lowest BCUT2D eigenvalue weighted by atomic mass is 10.1. The van der Waals surface area contributed by atoms with Gasteiger partial charge in [-0.1, -0.05) is 11.6 Å². The van der Waals surface area contributed by atoms with E-state index in [1.165, 1.54) is 0 Å². The molecule has 3 atom stereocenters. The fourth-order valence-corrected chi connectivity index (χ4v) is 3.35. The molecule has 1 aromatic rings. The molecule has 2 aliphatic rings. The van der Waals surface area contributed by atoms with E-state index < -0.39 is 12.1 Å². The molecule has 1 amide bonds. The summed E-state index contributed by atoms with van der Waals surface area (Å²) in [4.78, 5) is 27.1. The lowest BCUT2D eigenvalue weighted by Gasteiger charge is -2.24. The first-order chi connectivity index (χ1) is 14.1. The molecule has 0 aromatic carbocycles. The maximum absolute atomic E-state index is 12.5. The van der Waals surface area contributed by atoms with E-state index in [4.69, 9.17) is 31.5 Å². The minimum atomic E-state index is -5.08. The highest BCUT2D eigenvalue weighted by Crippen LogP contribution is 2.24. The van der Waals surface area contributed by atoms with Gasteiger partial charge in [-0.05, 0) is 37.8 Å². The molecule has 0 aliphatic carbocycles. The van der Waals surface area contributed by atoms with Crippen LogP contribution in [0.4, 0.5) is 13.2 Å². The number of alkyl halides is 3. The number of amides is 1. The molecule has 30 heavy (non-hydrogen) atoms. The Balaban J connectivity index is 0.000000396. The topological polar surface area (TPSA) is 116 Å². The average molecular weight is 449 g/mol. The van der Waals surface area contributed by atoms with Crippen molar-refractivity contribution in [2.75, 3.05) is 13.2 Å². The Morgan fingerprint density at radius 2 is 2.10 bits per heavy atom. The van der Waals surface area contributed by atoms with E-state index in [1.54, 1.807) is 23.2 Å². The van der Waals surface area contributed by atoms with Crippen LogP contribution in [0.2, 0.25) is 5.15 Å². The van der Waals surface area contributed by atoms with E-state index in [9.17, 15) is 18.0 Å². The zero-order valence-corrected chi connectivity index (χ0v) is 16.5. The van der Waals surface area contributed by atoms with Crippen LogP contribution in [-0.4, -0.2) is 64.3 Å². The first kappa shape index (κ1) is 23.7. The number of likely N-dealkylation sites (tertiary alicyclic amines) is 1. The molecular formula is C18H20ClF3N4O4. The highest BCUT2D eigenvalue weighted by molar-refractivity contribution is 6.30. The van der Waals surface area contributed by atoms with Crippen molar-refractivity contribution in [2.45, 2.75) is 50.0 Å². The number of aliphatic carboxylic acids is 1. The van der Waals surface area contributed by atoms with Gasteiger partial charge in [-0.25, -0.2) is 9.78 Å². The molecule has 2 fully saturated rings. The van der Waals surface area contributed by atoms with Gasteiger partial charge in [0.05, 0.1) is 12.1 Å². The number of pyridine rings is 1. The van der Waals surface area contributed by atoms with Crippen LogP contribution >= 0.6 is 11.6 Å². The van der Waals surface area contributed by atoms with Crippen molar-refractivity contribution >= 4 is 23.5 Å². The zero-order valence-electron chi connectivity index (χ0n) is 15.7. The third-order valence-corrected chi connectivity index (χ3v) is 4.91. The summed E-state index contributed by atoms with van der Waals surface area (Å²) in [6.07, 6.45) is -0.162. The second-order valence-electron chi connectivity index (χ2n) is 6.72. The second-order valence-corrected chi connectivity index (χ2v) is 7.08. The van der Waals surface area contributed by atoms with Crippen molar-refractivity contribution in [2.24, 2.45) is 0 Å². The van der Waals surface area contributed by atoms with Gasteiger partial charge in [-0.2, -0.15) is 18.4 Å². The number of rotatable bonds is 4. The fourth-order valence-electron chi connectivity index (χ4n) is 3.18. The Kier molecular flexibility index (Phi) is 8.25. The highest BCUT2D eigenvalue weighted by atomic mass is 35.5. The quantitative estimate of drug-likeness (QED) is 0.679. The SMILES string of the molecule is N#C[C@@H]1CCCN1C(=O)[C@@H]1CC[C@H](COc2cccnc2Cl)N1.O=C(O)C(F)(F)F. The molecule has 2 N–H and O–H groups in total. The first-order valence-electron chi connectivity index (χ1n) is 9.13. The van der Waals surface area contributed by atoms with Gasteiger partial charge in [0.25, 0.3) is 0 Å². The molecule has 2 saturated heterocycles. The molecule has 0 radical (unpaired) electrons. The Bertz CT molecular complexity index is 802. The number of carbonyl (C=O) groups excluding carboxylic acids is 1.